The van der Waals surface area contributed by atoms with Gasteiger partial charge in [-0.15, -0.1) is 0 Å². The van der Waals surface area contributed by atoms with Gasteiger partial charge in [-0.05, 0) is 22.3 Å². The predicted octanol–water partition coefficient (Wildman–Crippen LogP) is 9.36. The molecule has 0 amide bonds. The van der Waals surface area contributed by atoms with Crippen LogP contribution in [0, 0.1) is 0 Å². The molecule has 12 heteroatoms. The normalized spacial score (nSPS) is 29.3. The van der Waals surface area contributed by atoms with Gasteiger partial charge in [0, 0.05) is 48.0 Å². The number of hydrogen-bond acceptors (Lipinski definition) is 12. The highest BCUT2D eigenvalue weighted by atomic mass is 16.7. The SMILES string of the molecule is O=C1/C(=C/C=C/c2ccccc2)C[C@H]2CO[C@@H]1O2.O=C1/C(=C/C=C/c2ccccc2)C[C@H]2CO[C@@H]1O2.O=C1/C(=C/C=C/c2ccccc2)C[C@H]2CO[C@@H]1O2.O=C1/C(=C/C=C/c2ccccc2)C[C@H]2CO[C@@H]1O2. The van der Waals surface area contributed by atoms with Gasteiger partial charge in [0.2, 0.25) is 48.3 Å². The minimum Gasteiger partial charge on any atom is -0.343 e. The standard InChI is InChI=1S/4C15H14O3/c4*16-14-12(9-13-10-17-15(14)18-13)8-4-7-11-5-2-1-3-6-11/h4*1-8,13,15H,9-10H2/b4*7-4+,12-8+/t4*13-,15+/m0000/s1. The van der Waals surface area contributed by atoms with E-state index in [-0.39, 0.29) is 47.5 Å². The number of carbonyl (C=O) groups excluding carboxylic acids is 4. The fraction of sp³-hybridized carbons (Fsp3) is 0.267. The summed E-state index contributed by atoms with van der Waals surface area (Å²) in [4.78, 5) is 47.5. The van der Waals surface area contributed by atoms with Crippen LogP contribution in [-0.4, -0.2) is 99.1 Å². The van der Waals surface area contributed by atoms with E-state index in [4.69, 9.17) is 37.9 Å². The molecule has 8 aliphatic heterocycles. The Morgan fingerprint density at radius 3 is 0.722 bits per heavy atom. The third-order valence-corrected chi connectivity index (χ3v) is 12.5. The van der Waals surface area contributed by atoms with Crippen molar-refractivity contribution in [3.05, 3.63) is 214 Å². The van der Waals surface area contributed by atoms with Gasteiger partial charge in [0.25, 0.3) is 0 Å². The number of ether oxygens (including phenoxy) is 8. The molecule has 8 saturated heterocycles. The van der Waals surface area contributed by atoms with Crippen LogP contribution >= 0.6 is 0 Å². The lowest BCUT2D eigenvalue weighted by Crippen LogP contribution is -2.30. The Morgan fingerprint density at radius 1 is 0.306 bits per heavy atom. The minimum atomic E-state index is -0.667. The molecule has 12 nitrogen and oxygen atoms in total. The average Bonchev–Trinajstić information content (AvgIpc) is 4.23. The van der Waals surface area contributed by atoms with E-state index in [1.807, 2.05) is 194 Å². The van der Waals surface area contributed by atoms with Crippen LogP contribution in [0.5, 0.6) is 0 Å². The zero-order valence-electron chi connectivity index (χ0n) is 39.6. The summed E-state index contributed by atoms with van der Waals surface area (Å²) in [5.74, 6) is -0.161. The Morgan fingerprint density at radius 2 is 0.514 bits per heavy atom. The monoisotopic (exact) mass is 968 g/mol. The van der Waals surface area contributed by atoms with E-state index >= 15 is 0 Å². The van der Waals surface area contributed by atoms with Gasteiger partial charge in [-0.2, -0.15) is 0 Å². The quantitative estimate of drug-likeness (QED) is 0.155. The molecule has 0 aromatic heterocycles. The molecule has 72 heavy (non-hydrogen) atoms. The molecule has 0 aliphatic carbocycles. The summed E-state index contributed by atoms with van der Waals surface area (Å²) in [7, 11) is 0. The summed E-state index contributed by atoms with van der Waals surface area (Å²) in [6, 6.07) is 40.0. The summed E-state index contributed by atoms with van der Waals surface area (Å²) in [6.45, 7) is 2.10. The first-order valence-electron chi connectivity index (χ1n) is 24.3. The molecule has 8 bridgehead atoms. The smallest absolute Gasteiger partial charge is 0.222 e. The number of rotatable bonds is 8. The molecule has 368 valence electrons. The maximum atomic E-state index is 11.9. The number of benzene rings is 4. The van der Waals surface area contributed by atoms with Crippen molar-refractivity contribution in [2.75, 3.05) is 26.4 Å². The molecule has 8 aliphatic rings. The minimum absolute atomic E-state index is 0.0403. The fourth-order valence-corrected chi connectivity index (χ4v) is 8.72. The highest BCUT2D eigenvalue weighted by Crippen LogP contribution is 2.31. The Hall–Kier alpha value is -6.84. The first-order chi connectivity index (χ1) is 35.3. The molecule has 4 aromatic carbocycles. The Bertz CT molecular complexity index is 2390. The fourth-order valence-electron chi connectivity index (χ4n) is 8.72. The second-order valence-corrected chi connectivity index (χ2v) is 17.8. The summed E-state index contributed by atoms with van der Waals surface area (Å²) < 4.78 is 42.5. The molecule has 8 atom stereocenters. The third kappa shape index (κ3) is 13.8. The molecule has 8 fully saturated rings. The van der Waals surface area contributed by atoms with Crippen molar-refractivity contribution in [2.45, 2.75) is 75.3 Å². The predicted molar refractivity (Wildman–Crippen MR) is 271 cm³/mol. The molecule has 0 spiro atoms. The van der Waals surface area contributed by atoms with Crippen LogP contribution in [0.15, 0.2) is 192 Å². The molecular weight excluding hydrogens is 913 g/mol. The Labute approximate surface area is 419 Å². The maximum Gasteiger partial charge on any atom is 0.222 e. The van der Waals surface area contributed by atoms with E-state index in [2.05, 4.69) is 0 Å². The number of ketones is 4. The molecule has 4 aromatic rings. The molecule has 0 saturated carbocycles. The summed E-state index contributed by atoms with van der Waals surface area (Å²) in [5.41, 5.74) is 7.64. The first kappa shape index (κ1) is 50.1. The molecular formula is C60H56O12. The van der Waals surface area contributed by atoms with Gasteiger partial charge in [-0.3, -0.25) is 19.2 Å². The first-order valence-corrected chi connectivity index (χ1v) is 24.3. The van der Waals surface area contributed by atoms with E-state index in [0.29, 0.717) is 52.1 Å². The van der Waals surface area contributed by atoms with Crippen molar-refractivity contribution in [1.29, 1.82) is 0 Å². The van der Waals surface area contributed by atoms with E-state index in [0.717, 1.165) is 44.5 Å². The van der Waals surface area contributed by atoms with Crippen molar-refractivity contribution in [1.82, 2.24) is 0 Å². The number of Topliss-reactive ketones (excluding diaryl/α,β-unsaturated/α-hetero) is 4. The van der Waals surface area contributed by atoms with Crippen LogP contribution in [0.2, 0.25) is 0 Å². The topological polar surface area (TPSA) is 142 Å². The van der Waals surface area contributed by atoms with Gasteiger partial charge in [-0.1, -0.05) is 194 Å². The van der Waals surface area contributed by atoms with Gasteiger partial charge < -0.3 is 37.9 Å². The Kier molecular flexibility index (Phi) is 17.4. The Balaban J connectivity index is 0.000000119. The van der Waals surface area contributed by atoms with Gasteiger partial charge in [0.15, 0.2) is 0 Å². The number of fused-ring (bicyclic) bond motifs is 8. The summed E-state index contributed by atoms with van der Waals surface area (Å²) >= 11 is 0. The number of allylic oxidation sites excluding steroid dienone is 8. The van der Waals surface area contributed by atoms with E-state index in [1.165, 1.54) is 0 Å². The van der Waals surface area contributed by atoms with E-state index in [1.54, 1.807) is 0 Å². The van der Waals surface area contributed by atoms with Crippen molar-refractivity contribution in [2.24, 2.45) is 0 Å². The molecule has 0 radical (unpaired) electrons. The summed E-state index contributed by atoms with van der Waals surface area (Å²) in [6.07, 6.45) is 23.2. The van der Waals surface area contributed by atoms with E-state index in [9.17, 15) is 19.2 Å². The highest BCUT2D eigenvalue weighted by Gasteiger charge is 2.42. The van der Waals surface area contributed by atoms with Crippen molar-refractivity contribution >= 4 is 47.4 Å². The van der Waals surface area contributed by atoms with Crippen LogP contribution < -0.4 is 0 Å². The van der Waals surface area contributed by atoms with Gasteiger partial charge in [0.05, 0.1) is 50.8 Å². The lowest BCUT2D eigenvalue weighted by molar-refractivity contribution is -0.146. The van der Waals surface area contributed by atoms with Crippen LogP contribution in [-0.2, 0) is 57.1 Å². The van der Waals surface area contributed by atoms with E-state index < -0.39 is 25.2 Å². The largest absolute Gasteiger partial charge is 0.343 e. The van der Waals surface area contributed by atoms with Crippen molar-refractivity contribution < 1.29 is 57.1 Å². The van der Waals surface area contributed by atoms with Gasteiger partial charge >= 0.3 is 0 Å². The maximum absolute atomic E-state index is 11.9. The third-order valence-electron chi connectivity index (χ3n) is 12.5. The lowest BCUT2D eigenvalue weighted by Gasteiger charge is -2.18. The average molecular weight is 969 g/mol. The zero-order chi connectivity index (χ0) is 49.5. The molecule has 0 unspecified atom stereocenters. The highest BCUT2D eigenvalue weighted by molar-refractivity contribution is 6.01. The molecule has 8 heterocycles. The number of hydrogen-bond donors (Lipinski definition) is 0. The lowest BCUT2D eigenvalue weighted by atomic mass is 10.0. The summed E-state index contributed by atoms with van der Waals surface area (Å²) in [5, 5.41) is 0. The molecule has 0 N–H and O–H groups in total. The zero-order valence-corrected chi connectivity index (χ0v) is 39.6. The van der Waals surface area contributed by atoms with Crippen LogP contribution in [0.25, 0.3) is 24.3 Å². The van der Waals surface area contributed by atoms with Crippen LogP contribution in [0.3, 0.4) is 0 Å². The second-order valence-electron chi connectivity index (χ2n) is 17.8. The van der Waals surface area contributed by atoms with Crippen LogP contribution in [0.4, 0.5) is 0 Å². The van der Waals surface area contributed by atoms with Crippen LogP contribution in [0.1, 0.15) is 47.9 Å². The van der Waals surface area contributed by atoms with Gasteiger partial charge in [0.1, 0.15) is 0 Å². The molecule has 12 rings (SSSR count). The second kappa shape index (κ2) is 25.0. The van der Waals surface area contributed by atoms with Gasteiger partial charge in [-0.25, -0.2) is 0 Å². The van der Waals surface area contributed by atoms with Crippen molar-refractivity contribution in [3.63, 3.8) is 0 Å². The number of carbonyl (C=O) groups is 4. The van der Waals surface area contributed by atoms with Crippen molar-refractivity contribution in [3.8, 4) is 0 Å².